The molecule has 0 amide bonds. The lowest BCUT2D eigenvalue weighted by molar-refractivity contribution is -0.121. The summed E-state index contributed by atoms with van der Waals surface area (Å²) in [4.78, 5) is 28.2. The van der Waals surface area contributed by atoms with Crippen molar-refractivity contribution >= 4 is 23.1 Å². The summed E-state index contributed by atoms with van der Waals surface area (Å²) < 4.78 is 0. The van der Waals surface area contributed by atoms with Crippen molar-refractivity contribution in [3.05, 3.63) is 11.4 Å². The minimum atomic E-state index is -0.411. The molecule has 8 nitrogen and oxygen atoms in total. The predicted molar refractivity (Wildman–Crippen MR) is 85.5 cm³/mol. The zero-order valence-corrected chi connectivity index (χ0v) is 14.1. The van der Waals surface area contributed by atoms with Gasteiger partial charge in [0.25, 0.3) is 0 Å². The van der Waals surface area contributed by atoms with Crippen molar-refractivity contribution in [1.82, 2.24) is 5.01 Å². The van der Waals surface area contributed by atoms with E-state index in [2.05, 4.69) is 33.8 Å². The maximum atomic E-state index is 10.9. The molecule has 1 aliphatic heterocycles. The second-order valence-corrected chi connectivity index (χ2v) is 5.70. The van der Waals surface area contributed by atoms with Gasteiger partial charge in [-0.1, -0.05) is 6.57 Å². The second kappa shape index (κ2) is 9.31. The van der Waals surface area contributed by atoms with E-state index in [0.29, 0.717) is 6.54 Å². The number of Topliss-reactive ketones (excluding diaryl/α,β-unsaturated/α-hetero) is 2. The van der Waals surface area contributed by atoms with E-state index in [1.807, 2.05) is 11.9 Å². The molecule has 0 aromatic carbocycles. The van der Waals surface area contributed by atoms with Crippen LogP contribution in [-0.2, 0) is 14.4 Å². The molecule has 0 aliphatic carbocycles. The summed E-state index contributed by atoms with van der Waals surface area (Å²) in [5, 5.41) is 17.4. The van der Waals surface area contributed by atoms with Gasteiger partial charge in [-0.3, -0.25) is 14.6 Å². The Morgan fingerprint density at radius 1 is 1.48 bits per heavy atom. The number of hydrogen-bond donors (Lipinski definition) is 0. The number of hydrogen-bond acceptors (Lipinski definition) is 7. The number of hydrazone groups is 1. The fraction of sp³-hybridized carbons (Fsp3) is 0.600. The van der Waals surface area contributed by atoms with Gasteiger partial charge in [-0.25, -0.2) is 5.26 Å². The SMILES string of the molecule is CC(=O)CN1N=C(C)CC1(C)C.[C-]#[N+]C(C#N)=NOCC(C)=O. The third-order valence-electron chi connectivity index (χ3n) is 2.68. The van der Waals surface area contributed by atoms with Crippen molar-refractivity contribution in [2.75, 3.05) is 13.2 Å². The van der Waals surface area contributed by atoms with Gasteiger partial charge >= 0.3 is 5.84 Å². The fourth-order valence-corrected chi connectivity index (χ4v) is 1.80. The summed E-state index contributed by atoms with van der Waals surface area (Å²) in [6, 6.07) is 1.48. The monoisotopic (exact) mass is 319 g/mol. The van der Waals surface area contributed by atoms with E-state index < -0.39 is 5.84 Å². The summed E-state index contributed by atoms with van der Waals surface area (Å²) in [6.45, 7) is 15.7. The van der Waals surface area contributed by atoms with Gasteiger partial charge in [0.1, 0.15) is 6.07 Å². The van der Waals surface area contributed by atoms with Crippen LogP contribution in [0.25, 0.3) is 4.85 Å². The molecule has 1 rings (SSSR count). The number of nitrogens with zero attached hydrogens (tertiary/aromatic N) is 5. The first kappa shape index (κ1) is 20.3. The van der Waals surface area contributed by atoms with Gasteiger partial charge in [-0.15, -0.1) is 0 Å². The highest BCUT2D eigenvalue weighted by Crippen LogP contribution is 2.25. The summed E-state index contributed by atoms with van der Waals surface area (Å²) in [5.41, 5.74) is 1.14. The van der Waals surface area contributed by atoms with E-state index in [0.717, 1.165) is 12.1 Å². The van der Waals surface area contributed by atoms with Crippen LogP contribution in [0.2, 0.25) is 0 Å². The molecule has 0 radical (unpaired) electrons. The maximum absolute atomic E-state index is 10.9. The molecule has 23 heavy (non-hydrogen) atoms. The molecule has 0 unspecified atom stereocenters. The van der Waals surface area contributed by atoms with Gasteiger partial charge in [0.05, 0.1) is 17.2 Å². The van der Waals surface area contributed by atoms with Crippen molar-refractivity contribution in [2.24, 2.45) is 10.3 Å². The normalized spacial score (nSPS) is 15.5. The Bertz CT molecular complexity index is 577. The molecule has 1 aliphatic rings. The number of ketones is 2. The van der Waals surface area contributed by atoms with Crippen LogP contribution < -0.4 is 0 Å². The van der Waals surface area contributed by atoms with Gasteiger partial charge in [0, 0.05) is 12.1 Å². The second-order valence-electron chi connectivity index (χ2n) is 5.70. The Balaban J connectivity index is 0.000000423. The summed E-state index contributed by atoms with van der Waals surface area (Å²) in [7, 11) is 0. The lowest BCUT2D eigenvalue weighted by Crippen LogP contribution is -2.39. The van der Waals surface area contributed by atoms with Crippen LogP contribution in [-0.4, -0.2) is 46.8 Å². The average molecular weight is 319 g/mol. The quantitative estimate of drug-likeness (QED) is 0.333. The number of rotatable bonds is 5. The molecule has 0 N–H and O–H groups in total. The molecule has 124 valence electrons. The molecule has 0 saturated carbocycles. The first-order valence-electron chi connectivity index (χ1n) is 6.90. The lowest BCUT2D eigenvalue weighted by Gasteiger charge is -2.29. The largest absolute Gasteiger partial charge is 0.392 e. The molecule has 1 heterocycles. The van der Waals surface area contributed by atoms with Gasteiger partial charge in [0.2, 0.25) is 0 Å². The predicted octanol–water partition coefficient (Wildman–Crippen LogP) is 1.78. The molecule has 0 spiro atoms. The Morgan fingerprint density at radius 2 is 2.09 bits per heavy atom. The molecule has 0 bridgehead atoms. The Kier molecular flexibility index (Phi) is 8.20. The maximum Gasteiger partial charge on any atom is 0.392 e. The highest BCUT2D eigenvalue weighted by Gasteiger charge is 2.32. The first-order valence-corrected chi connectivity index (χ1v) is 6.90. The third kappa shape index (κ3) is 8.32. The van der Waals surface area contributed by atoms with Crippen molar-refractivity contribution in [3.8, 4) is 6.07 Å². The molecule has 0 fully saturated rings. The molecular weight excluding hydrogens is 298 g/mol. The Hall–Kier alpha value is -2.74. The van der Waals surface area contributed by atoms with E-state index in [9.17, 15) is 9.59 Å². The van der Waals surface area contributed by atoms with Gasteiger partial charge in [0.15, 0.2) is 18.2 Å². The Labute approximate surface area is 136 Å². The van der Waals surface area contributed by atoms with E-state index >= 15 is 0 Å². The molecule has 8 heteroatoms. The van der Waals surface area contributed by atoms with Gasteiger partial charge in [-0.05, 0) is 34.6 Å². The van der Waals surface area contributed by atoms with Crippen LogP contribution in [0.3, 0.4) is 0 Å². The van der Waals surface area contributed by atoms with E-state index in [1.165, 1.54) is 13.0 Å². The number of carbonyl (C=O) groups excluding carboxylic acids is 2. The van der Waals surface area contributed by atoms with Crippen LogP contribution in [0, 0.1) is 17.9 Å². The van der Waals surface area contributed by atoms with Crippen LogP contribution in [0.1, 0.15) is 41.0 Å². The topological polar surface area (TPSA) is 99.5 Å². The zero-order chi connectivity index (χ0) is 18.0. The molecule has 0 saturated heterocycles. The number of nitriles is 1. The van der Waals surface area contributed by atoms with Crippen molar-refractivity contribution in [3.63, 3.8) is 0 Å². The highest BCUT2D eigenvalue weighted by molar-refractivity contribution is 6.03. The minimum absolute atomic E-state index is 0.0236. The first-order chi connectivity index (χ1) is 10.6. The summed E-state index contributed by atoms with van der Waals surface area (Å²) >= 11 is 0. The number of carbonyl (C=O) groups is 2. The molecule has 0 aromatic rings. The standard InChI is InChI=1S/C9H16N2O.C6H5N3O2/c1-7-5-9(3,4)11(10-7)6-8(2)12;1-5(10)4-11-9-6(3-7)8-2/h5-6H2,1-4H3;4H2,1H3. The van der Waals surface area contributed by atoms with Gasteiger partial charge in [-0.2, -0.15) is 5.10 Å². The Morgan fingerprint density at radius 3 is 2.43 bits per heavy atom. The smallest absolute Gasteiger partial charge is 0.348 e. The average Bonchev–Trinajstić information content (AvgIpc) is 2.67. The van der Waals surface area contributed by atoms with Crippen molar-refractivity contribution in [1.29, 1.82) is 5.26 Å². The zero-order valence-electron chi connectivity index (χ0n) is 14.1. The van der Waals surface area contributed by atoms with Gasteiger partial charge < -0.3 is 9.68 Å². The molecular formula is C15H21N5O3. The van der Waals surface area contributed by atoms with Crippen LogP contribution in [0.4, 0.5) is 0 Å². The van der Waals surface area contributed by atoms with Crippen LogP contribution >= 0.6 is 0 Å². The van der Waals surface area contributed by atoms with E-state index in [-0.39, 0.29) is 23.7 Å². The minimum Gasteiger partial charge on any atom is -0.348 e. The van der Waals surface area contributed by atoms with Crippen LogP contribution in [0.5, 0.6) is 0 Å². The van der Waals surface area contributed by atoms with E-state index in [4.69, 9.17) is 11.8 Å². The number of amidine groups is 1. The fourth-order valence-electron chi connectivity index (χ4n) is 1.80. The molecule has 0 aromatic heterocycles. The van der Waals surface area contributed by atoms with Crippen LogP contribution in [0.15, 0.2) is 10.3 Å². The number of oxime groups is 1. The van der Waals surface area contributed by atoms with Crippen molar-refractivity contribution in [2.45, 2.75) is 46.6 Å². The lowest BCUT2D eigenvalue weighted by atomic mass is 9.99. The van der Waals surface area contributed by atoms with E-state index in [1.54, 1.807) is 6.92 Å². The molecule has 0 atom stereocenters. The summed E-state index contributed by atoms with van der Waals surface area (Å²) in [6.07, 6.45) is 0.959. The summed E-state index contributed by atoms with van der Waals surface area (Å²) in [5.74, 6) is -0.455. The third-order valence-corrected chi connectivity index (χ3v) is 2.68. The van der Waals surface area contributed by atoms with Crippen molar-refractivity contribution < 1.29 is 14.4 Å². The highest BCUT2D eigenvalue weighted by atomic mass is 16.6.